The van der Waals surface area contributed by atoms with Gasteiger partial charge in [-0.05, 0) is 64.6 Å². The van der Waals surface area contributed by atoms with Gasteiger partial charge in [-0.2, -0.15) is 0 Å². The van der Waals surface area contributed by atoms with Gasteiger partial charge in [-0.25, -0.2) is 0 Å². The molecule has 0 radical (unpaired) electrons. The molecule has 142 valence electrons. The molecular formula is C18H26BFN2O3W. The van der Waals surface area contributed by atoms with Crippen molar-refractivity contribution < 1.29 is 38.2 Å². The van der Waals surface area contributed by atoms with E-state index in [1.165, 1.54) is 6.42 Å². The van der Waals surface area contributed by atoms with E-state index in [1.54, 1.807) is 0 Å². The summed E-state index contributed by atoms with van der Waals surface area (Å²) in [4.78, 5) is 14.5. The molecule has 2 aliphatic heterocycles. The summed E-state index contributed by atoms with van der Waals surface area (Å²) in [6, 6.07) is 7.66. The second-order valence-corrected chi connectivity index (χ2v) is 8.13. The minimum atomic E-state index is -0.376. The van der Waals surface area contributed by atoms with Crippen molar-refractivity contribution in [3.8, 4) is 0 Å². The minimum absolute atomic E-state index is 0.130. The fraction of sp³-hybridized carbons (Fsp3) is 0.611. The van der Waals surface area contributed by atoms with Crippen molar-refractivity contribution in [2.45, 2.75) is 58.2 Å². The van der Waals surface area contributed by atoms with Crippen LogP contribution < -0.4 is 5.46 Å². The SMILES string of the molecule is CC1(C)OB(c2ccc(C(=O)N3CCCCC3)cc2)OC1(C)C.F[N]=[W]. The van der Waals surface area contributed by atoms with Gasteiger partial charge in [-0.3, -0.25) is 4.79 Å². The van der Waals surface area contributed by atoms with Crippen LogP contribution in [0.1, 0.15) is 57.3 Å². The van der Waals surface area contributed by atoms with Crippen molar-refractivity contribution >= 4 is 18.5 Å². The van der Waals surface area contributed by atoms with E-state index in [-0.39, 0.29) is 24.2 Å². The molecule has 3 rings (SSSR count). The number of amides is 1. The number of hydrogen-bond donors (Lipinski definition) is 0. The van der Waals surface area contributed by atoms with Crippen molar-refractivity contribution in [1.29, 1.82) is 0 Å². The number of benzene rings is 1. The average molecular weight is 532 g/mol. The maximum atomic E-state index is 12.5. The maximum absolute atomic E-state index is 12.5. The van der Waals surface area contributed by atoms with Gasteiger partial charge in [0.05, 0.1) is 11.2 Å². The molecule has 5 nitrogen and oxygen atoms in total. The Labute approximate surface area is 166 Å². The molecule has 1 amide bonds. The van der Waals surface area contributed by atoms with Gasteiger partial charge in [0, 0.05) is 18.7 Å². The van der Waals surface area contributed by atoms with Gasteiger partial charge in [-0.1, -0.05) is 12.1 Å². The molecule has 0 bridgehead atoms. The zero-order valence-corrected chi connectivity index (χ0v) is 18.8. The molecule has 0 aromatic heterocycles. The van der Waals surface area contributed by atoms with Crippen molar-refractivity contribution in [2.24, 2.45) is 3.72 Å². The molecule has 1 aromatic carbocycles. The summed E-state index contributed by atoms with van der Waals surface area (Å²) in [6.45, 7) is 9.92. The first kappa shape index (κ1) is 21.4. The Bertz CT molecular complexity index is 618. The molecule has 8 heteroatoms. The van der Waals surface area contributed by atoms with Gasteiger partial charge in [0.2, 0.25) is 0 Å². The van der Waals surface area contributed by atoms with E-state index in [9.17, 15) is 9.28 Å². The number of carbonyl (C=O) groups excluding carboxylic acids is 1. The first-order valence-electron chi connectivity index (χ1n) is 8.90. The van der Waals surface area contributed by atoms with Crippen LogP contribution in [0.3, 0.4) is 0 Å². The monoisotopic (exact) mass is 532 g/mol. The van der Waals surface area contributed by atoms with Crippen LogP contribution in [-0.4, -0.2) is 42.2 Å². The molecular weight excluding hydrogens is 506 g/mol. The Kier molecular flexibility index (Phi) is 7.29. The fourth-order valence-electron chi connectivity index (χ4n) is 3.04. The van der Waals surface area contributed by atoms with Gasteiger partial charge in [0.25, 0.3) is 5.91 Å². The number of carbonyl (C=O) groups is 1. The van der Waals surface area contributed by atoms with Gasteiger partial charge < -0.3 is 14.2 Å². The van der Waals surface area contributed by atoms with Gasteiger partial charge >= 0.3 is 34.9 Å². The van der Waals surface area contributed by atoms with Crippen molar-refractivity contribution in [3.05, 3.63) is 29.8 Å². The van der Waals surface area contributed by atoms with Gasteiger partial charge in [0.15, 0.2) is 0 Å². The van der Waals surface area contributed by atoms with Crippen LogP contribution in [-0.2, 0) is 28.9 Å². The summed E-state index contributed by atoms with van der Waals surface area (Å²) in [5, 5.41) is 0. The predicted molar refractivity (Wildman–Crippen MR) is 95.4 cm³/mol. The van der Waals surface area contributed by atoms with E-state index in [1.807, 2.05) is 56.9 Å². The molecule has 0 N–H and O–H groups in total. The Morgan fingerprint density at radius 1 is 1.08 bits per heavy atom. The Morgan fingerprint density at radius 2 is 1.54 bits per heavy atom. The summed E-state index contributed by atoms with van der Waals surface area (Å²) in [5.41, 5.74) is 1.01. The second kappa shape index (κ2) is 8.85. The third-order valence-corrected chi connectivity index (χ3v) is 5.33. The van der Waals surface area contributed by atoms with E-state index in [4.69, 9.17) is 9.31 Å². The number of halogens is 1. The number of hydrogen-bond acceptors (Lipinski definition) is 4. The number of nitrogens with zero attached hydrogens (tertiary/aromatic N) is 2. The van der Waals surface area contributed by atoms with Crippen molar-refractivity contribution in [3.63, 3.8) is 0 Å². The van der Waals surface area contributed by atoms with Crippen LogP contribution in [0.5, 0.6) is 0 Å². The molecule has 2 aliphatic rings. The quantitative estimate of drug-likeness (QED) is 0.551. The first-order valence-corrected chi connectivity index (χ1v) is 10.2. The van der Waals surface area contributed by atoms with E-state index >= 15 is 0 Å². The molecule has 2 saturated heterocycles. The summed E-state index contributed by atoms with van der Waals surface area (Å²) in [7, 11) is -0.376. The van der Waals surface area contributed by atoms with Gasteiger partial charge in [0.1, 0.15) is 0 Å². The molecule has 0 spiro atoms. The van der Waals surface area contributed by atoms with Crippen LogP contribution in [0, 0.1) is 0 Å². The first-order chi connectivity index (χ1) is 12.2. The van der Waals surface area contributed by atoms with E-state index in [2.05, 4.69) is 3.72 Å². The van der Waals surface area contributed by atoms with Crippen LogP contribution in [0.2, 0.25) is 0 Å². The summed E-state index contributed by atoms with van der Waals surface area (Å²) >= 11 is 0.630. The Hall–Kier alpha value is -0.907. The third kappa shape index (κ3) is 4.87. The molecule has 0 saturated carbocycles. The molecule has 0 unspecified atom stereocenters. The topological polar surface area (TPSA) is 51.1 Å². The van der Waals surface area contributed by atoms with Crippen LogP contribution in [0.4, 0.5) is 4.48 Å². The molecule has 0 atom stereocenters. The molecule has 2 heterocycles. The number of rotatable bonds is 2. The van der Waals surface area contributed by atoms with E-state index in [0.29, 0.717) is 19.6 Å². The third-order valence-electron chi connectivity index (χ3n) is 5.33. The van der Waals surface area contributed by atoms with Crippen LogP contribution >= 0.6 is 0 Å². The molecule has 1 aromatic rings. The predicted octanol–water partition coefficient (Wildman–Crippen LogP) is 3.21. The summed E-state index contributed by atoms with van der Waals surface area (Å²) < 4.78 is 24.1. The van der Waals surface area contributed by atoms with E-state index < -0.39 is 0 Å². The Morgan fingerprint density at radius 3 is 2.00 bits per heavy atom. The second-order valence-electron chi connectivity index (χ2n) is 7.63. The standard InChI is InChI=1S/C18H26BNO3.FN.W/c1-17(2)18(3,4)23-19(22-17)15-10-8-14(9-11-15)16(21)20-12-6-5-7-13-20;1-2;/h8-11H,5-7,12-13H2,1-4H3;;. The van der Waals surface area contributed by atoms with Crippen LogP contribution in [0.25, 0.3) is 0 Å². The van der Waals surface area contributed by atoms with Crippen molar-refractivity contribution in [2.75, 3.05) is 13.1 Å². The van der Waals surface area contributed by atoms with Gasteiger partial charge in [-0.15, -0.1) is 0 Å². The van der Waals surface area contributed by atoms with E-state index in [0.717, 1.165) is 37.0 Å². The molecule has 26 heavy (non-hydrogen) atoms. The molecule has 0 aliphatic carbocycles. The zero-order valence-electron chi connectivity index (χ0n) is 15.8. The number of piperidine rings is 1. The summed E-state index contributed by atoms with van der Waals surface area (Å²) in [6.07, 6.45) is 3.44. The Balaban J connectivity index is 0.000000758. The summed E-state index contributed by atoms with van der Waals surface area (Å²) in [5.74, 6) is 0.130. The normalized spacial score (nSPS) is 21.0. The zero-order chi connectivity index (χ0) is 19.4. The van der Waals surface area contributed by atoms with Crippen LogP contribution in [0.15, 0.2) is 28.0 Å². The number of likely N-dealkylation sites (tertiary alicyclic amines) is 1. The van der Waals surface area contributed by atoms with Crippen molar-refractivity contribution in [1.82, 2.24) is 4.90 Å². The molecule has 2 fully saturated rings. The fourth-order valence-corrected chi connectivity index (χ4v) is 3.04. The average Bonchev–Trinajstić information content (AvgIpc) is 2.84.